The first-order valence-electron chi connectivity index (χ1n) is 13.0. The molecule has 0 aliphatic carbocycles. The second kappa shape index (κ2) is 11.7. The first kappa shape index (κ1) is 28.7. The van der Waals surface area contributed by atoms with Gasteiger partial charge in [-0.1, -0.05) is 62.8 Å². The Kier molecular flexibility index (Phi) is 8.01. The maximum atomic E-state index is 14.1. The number of thioether (sulfide) groups is 1. The lowest BCUT2D eigenvalue weighted by atomic mass is 9.82. The van der Waals surface area contributed by atoms with Gasteiger partial charge in [-0.15, -0.1) is 0 Å². The zero-order valence-electron chi connectivity index (χ0n) is 22.0. The van der Waals surface area contributed by atoms with Gasteiger partial charge in [0, 0.05) is 25.9 Å². The number of carbonyl (C=O) groups is 3. The van der Waals surface area contributed by atoms with Crippen LogP contribution in [0.5, 0.6) is 5.75 Å². The maximum absolute atomic E-state index is 14.1. The zero-order chi connectivity index (χ0) is 29.5. The lowest BCUT2D eigenvalue weighted by molar-refractivity contribution is -0.122. The van der Waals surface area contributed by atoms with Gasteiger partial charge in [0.05, 0.1) is 28.8 Å². The fraction of sp³-hybridized carbons (Fsp3) is 0.200. The van der Waals surface area contributed by atoms with Crippen molar-refractivity contribution < 1.29 is 23.9 Å². The quantitative estimate of drug-likeness (QED) is 0.177. The third-order valence-corrected chi connectivity index (χ3v) is 10.2. The molecule has 3 atom stereocenters. The summed E-state index contributed by atoms with van der Waals surface area (Å²) in [5.41, 5.74) is 2.27. The Morgan fingerprint density at radius 3 is 2.48 bits per heavy atom. The molecule has 2 aliphatic heterocycles. The summed E-state index contributed by atoms with van der Waals surface area (Å²) in [7, 11) is 0. The fourth-order valence-corrected chi connectivity index (χ4v) is 8.21. The molecular weight excluding hydrogens is 664 g/mol. The van der Waals surface area contributed by atoms with Gasteiger partial charge in [0.25, 0.3) is 0 Å². The summed E-state index contributed by atoms with van der Waals surface area (Å²) >= 11 is 11.8. The van der Waals surface area contributed by atoms with Crippen LogP contribution in [0, 0.1) is 5.92 Å². The number of hydrogen-bond acceptors (Lipinski definition) is 8. The number of hydrogen-bond donors (Lipinski definition) is 1. The van der Waals surface area contributed by atoms with E-state index in [4.69, 9.17) is 21.1 Å². The number of benzene rings is 3. The topological polar surface area (TPSA) is 106 Å². The lowest BCUT2D eigenvalue weighted by Gasteiger charge is -2.31. The molecule has 1 saturated heterocycles. The molecule has 0 bridgehead atoms. The molecule has 0 saturated carbocycles. The van der Waals surface area contributed by atoms with Gasteiger partial charge in [-0.05, 0) is 67.1 Å². The number of anilines is 1. The van der Waals surface area contributed by atoms with Crippen molar-refractivity contribution in [2.45, 2.75) is 29.7 Å². The van der Waals surface area contributed by atoms with Crippen molar-refractivity contribution in [1.82, 2.24) is 4.98 Å². The molecule has 8 nitrogen and oxygen atoms in total. The monoisotopic (exact) mass is 684 g/mol. The van der Waals surface area contributed by atoms with Crippen LogP contribution in [0.1, 0.15) is 39.2 Å². The smallest absolute Gasteiger partial charge is 0.338 e. The van der Waals surface area contributed by atoms with Crippen molar-refractivity contribution in [1.29, 1.82) is 0 Å². The van der Waals surface area contributed by atoms with Crippen molar-refractivity contribution >= 4 is 74.1 Å². The third kappa shape index (κ3) is 5.30. The number of carbonyl (C=O) groups excluding carboxylic acids is 3. The highest BCUT2D eigenvalue weighted by molar-refractivity contribution is 9.10. The maximum Gasteiger partial charge on any atom is 0.338 e. The van der Waals surface area contributed by atoms with Crippen molar-refractivity contribution in [3.63, 3.8) is 0 Å². The summed E-state index contributed by atoms with van der Waals surface area (Å²) in [6, 6.07) is 19.0. The number of aromatic amines is 1. The van der Waals surface area contributed by atoms with Gasteiger partial charge < -0.3 is 14.5 Å². The van der Waals surface area contributed by atoms with E-state index in [0.717, 1.165) is 21.4 Å². The number of ether oxygens (including phenoxy) is 2. The molecule has 1 fully saturated rings. The van der Waals surface area contributed by atoms with E-state index >= 15 is 0 Å². The highest BCUT2D eigenvalue weighted by Gasteiger charge is 2.56. The van der Waals surface area contributed by atoms with E-state index in [2.05, 4.69) is 20.9 Å². The van der Waals surface area contributed by atoms with Crippen LogP contribution in [0.25, 0.3) is 0 Å². The highest BCUT2D eigenvalue weighted by atomic mass is 79.9. The number of thiazole rings is 1. The van der Waals surface area contributed by atoms with Gasteiger partial charge in [-0.3, -0.25) is 14.4 Å². The van der Waals surface area contributed by atoms with Gasteiger partial charge in [0.2, 0.25) is 11.8 Å². The first-order chi connectivity index (χ1) is 20.2. The van der Waals surface area contributed by atoms with E-state index in [1.54, 1.807) is 31.2 Å². The van der Waals surface area contributed by atoms with E-state index in [1.165, 1.54) is 28.8 Å². The van der Waals surface area contributed by atoms with Crippen LogP contribution in [0.15, 0.2) is 81.0 Å². The van der Waals surface area contributed by atoms with Crippen LogP contribution >= 0.6 is 50.6 Å². The van der Waals surface area contributed by atoms with Crippen LogP contribution in [0.3, 0.4) is 0 Å². The van der Waals surface area contributed by atoms with Crippen molar-refractivity contribution in [3.05, 3.63) is 107 Å². The molecule has 2 unspecified atom stereocenters. The van der Waals surface area contributed by atoms with Gasteiger partial charge in [-0.2, -0.15) is 0 Å². The van der Waals surface area contributed by atoms with Crippen LogP contribution in [-0.2, 0) is 20.9 Å². The minimum absolute atomic E-state index is 0.235. The van der Waals surface area contributed by atoms with E-state index in [1.807, 2.05) is 30.3 Å². The Labute approximate surface area is 262 Å². The van der Waals surface area contributed by atoms with E-state index < -0.39 is 23.1 Å². The van der Waals surface area contributed by atoms with Crippen molar-refractivity contribution in [3.8, 4) is 5.75 Å². The first-order valence-corrected chi connectivity index (χ1v) is 15.8. The minimum atomic E-state index is -0.793. The number of aromatic nitrogens is 1. The molecule has 0 radical (unpaired) electrons. The van der Waals surface area contributed by atoms with Crippen molar-refractivity contribution in [2.24, 2.45) is 5.92 Å². The number of amides is 2. The van der Waals surface area contributed by atoms with E-state index in [0.29, 0.717) is 37.5 Å². The average Bonchev–Trinajstić information content (AvgIpc) is 3.47. The Morgan fingerprint density at radius 2 is 1.76 bits per heavy atom. The number of imide groups is 1. The van der Waals surface area contributed by atoms with Crippen LogP contribution in [0.4, 0.5) is 5.69 Å². The van der Waals surface area contributed by atoms with E-state index in [9.17, 15) is 19.2 Å². The molecule has 2 aliphatic rings. The van der Waals surface area contributed by atoms with Crippen LogP contribution in [0.2, 0.25) is 5.02 Å². The number of H-pyrrole nitrogens is 1. The summed E-state index contributed by atoms with van der Waals surface area (Å²) in [4.78, 5) is 57.0. The summed E-state index contributed by atoms with van der Waals surface area (Å²) in [5, 5.41) is 0.418. The van der Waals surface area contributed by atoms with Gasteiger partial charge in [0.15, 0.2) is 0 Å². The summed E-state index contributed by atoms with van der Waals surface area (Å²) in [6.07, 6.45) is 0. The number of halogens is 2. The molecule has 42 heavy (non-hydrogen) atoms. The predicted molar refractivity (Wildman–Crippen MR) is 165 cm³/mol. The van der Waals surface area contributed by atoms with Crippen LogP contribution in [-0.4, -0.2) is 34.6 Å². The molecular formula is C30H22BrClN2O6S2. The number of nitrogens with zero attached hydrogens (tertiary/aromatic N) is 1. The molecule has 4 aromatic rings. The van der Waals surface area contributed by atoms with Crippen LogP contribution < -0.4 is 14.5 Å². The fourth-order valence-electron chi connectivity index (χ4n) is 5.20. The molecule has 214 valence electrons. The predicted octanol–water partition coefficient (Wildman–Crippen LogP) is 6.40. The Bertz CT molecular complexity index is 1750. The SMILES string of the molecule is CCOC(=O)c1ccc(N2C(=O)C3Sc4[nH]c(=O)sc4[C@H](c4cc(Br)ccc4OCc4ccc(Cl)cc4)C3C2=O)cc1. The Hall–Kier alpha value is -3.38. The molecule has 2 amide bonds. The number of esters is 1. The summed E-state index contributed by atoms with van der Waals surface area (Å²) < 4.78 is 12.1. The average molecular weight is 686 g/mol. The molecule has 6 rings (SSSR count). The Morgan fingerprint density at radius 1 is 1.02 bits per heavy atom. The molecule has 12 heteroatoms. The number of rotatable bonds is 7. The standard InChI is InChI=1S/C30H22BrClN2O6S2/c1-2-39-29(37)16-5-10-19(11-6-16)34-27(35)23-22(24-26(33-30(38)42-24)41-25(23)28(34)36)20-13-17(31)7-12-21(20)40-14-15-3-8-18(32)9-4-15/h3-13,22-23,25H,2,14H2,1H3,(H,33,38)/t22-,23?,25?/m1/s1. The van der Waals surface area contributed by atoms with Gasteiger partial charge in [0.1, 0.15) is 17.6 Å². The largest absolute Gasteiger partial charge is 0.489 e. The summed E-state index contributed by atoms with van der Waals surface area (Å²) in [5.74, 6) is -2.14. The van der Waals surface area contributed by atoms with Gasteiger partial charge >= 0.3 is 10.8 Å². The molecule has 3 aromatic carbocycles. The second-order valence-corrected chi connectivity index (χ2v) is 13.1. The minimum Gasteiger partial charge on any atom is -0.489 e. The normalized spacial score (nSPS) is 19.4. The number of fused-ring (bicyclic) bond motifs is 2. The second-order valence-electron chi connectivity index (χ2n) is 9.63. The lowest BCUT2D eigenvalue weighted by Crippen LogP contribution is -2.32. The zero-order valence-corrected chi connectivity index (χ0v) is 25.9. The highest BCUT2D eigenvalue weighted by Crippen LogP contribution is 2.54. The molecule has 1 N–H and O–H groups in total. The van der Waals surface area contributed by atoms with E-state index in [-0.39, 0.29) is 29.9 Å². The molecule has 3 heterocycles. The third-order valence-electron chi connectivity index (χ3n) is 7.08. The summed E-state index contributed by atoms with van der Waals surface area (Å²) in [6.45, 7) is 2.21. The Balaban J connectivity index is 1.39. The molecule has 0 spiro atoms. The van der Waals surface area contributed by atoms with Gasteiger partial charge in [-0.25, -0.2) is 9.69 Å². The van der Waals surface area contributed by atoms with Crippen molar-refractivity contribution in [2.75, 3.05) is 11.5 Å². The molecule has 1 aromatic heterocycles. The number of nitrogens with one attached hydrogen (secondary N) is 1.